The summed E-state index contributed by atoms with van der Waals surface area (Å²) in [4.78, 5) is 12.7. The van der Waals surface area contributed by atoms with Crippen LogP contribution in [0.15, 0.2) is 15.6 Å². The molecule has 0 radical (unpaired) electrons. The number of carbonyl (C=O) groups excluding carboxylic acids is 1. The van der Waals surface area contributed by atoms with Crippen LogP contribution in [0.2, 0.25) is 0 Å². The highest BCUT2D eigenvalue weighted by Crippen LogP contribution is 2.41. The number of halogens is 1. The standard InChI is InChI=1S/C22H25FN2O5S/c23-20-12-5-3-7-14(12)21(15-8-4-6-13(15)20)24-22(27)25-31(28,29)19-11-16-17(26)9-1-2-10-18(16)30-19/h11,17,26H,1-10H2,(H2,24,25,27). The molecule has 1 heterocycles. The average molecular weight is 449 g/mol. The van der Waals surface area contributed by atoms with Crippen LogP contribution in [0.5, 0.6) is 0 Å². The second-order valence-electron chi connectivity index (χ2n) is 8.58. The van der Waals surface area contributed by atoms with E-state index >= 15 is 0 Å². The van der Waals surface area contributed by atoms with Crippen molar-refractivity contribution in [3.63, 3.8) is 0 Å². The smallest absolute Gasteiger partial charge is 0.333 e. The Labute approximate surface area is 180 Å². The van der Waals surface area contributed by atoms with E-state index in [9.17, 15) is 22.7 Å². The summed E-state index contributed by atoms with van der Waals surface area (Å²) in [6, 6.07) is 0.399. The number of furan rings is 1. The van der Waals surface area contributed by atoms with E-state index in [-0.39, 0.29) is 10.9 Å². The van der Waals surface area contributed by atoms with Crippen LogP contribution in [0.1, 0.15) is 71.8 Å². The fraction of sp³-hybridized carbons (Fsp3) is 0.500. The van der Waals surface area contributed by atoms with E-state index in [0.717, 1.165) is 36.8 Å². The zero-order valence-electron chi connectivity index (χ0n) is 17.1. The highest BCUT2D eigenvalue weighted by molar-refractivity contribution is 7.89. The third-order valence-electron chi connectivity index (χ3n) is 6.61. The van der Waals surface area contributed by atoms with Gasteiger partial charge < -0.3 is 14.8 Å². The molecule has 1 atom stereocenters. The van der Waals surface area contributed by atoms with Crippen molar-refractivity contribution in [2.45, 2.75) is 75.4 Å². The Balaban J connectivity index is 1.40. The van der Waals surface area contributed by atoms with Gasteiger partial charge in [0.1, 0.15) is 11.6 Å². The number of rotatable bonds is 3. The second kappa shape index (κ2) is 7.63. The number of benzene rings is 1. The quantitative estimate of drug-likeness (QED) is 0.621. The number of hydrogen-bond donors (Lipinski definition) is 3. The fourth-order valence-electron chi connectivity index (χ4n) is 5.16. The lowest BCUT2D eigenvalue weighted by molar-refractivity contribution is 0.166. The molecule has 0 saturated heterocycles. The van der Waals surface area contributed by atoms with Crippen LogP contribution in [0.25, 0.3) is 0 Å². The molecule has 5 rings (SSSR count). The van der Waals surface area contributed by atoms with E-state index in [0.29, 0.717) is 66.7 Å². The summed E-state index contributed by atoms with van der Waals surface area (Å²) < 4.78 is 47.8. The average Bonchev–Trinajstić information content (AvgIpc) is 3.46. The number of aliphatic hydroxyl groups excluding tert-OH is 1. The first-order valence-corrected chi connectivity index (χ1v) is 12.3. The number of carbonyl (C=O) groups is 1. The summed E-state index contributed by atoms with van der Waals surface area (Å²) >= 11 is 0. The van der Waals surface area contributed by atoms with Gasteiger partial charge in [0.15, 0.2) is 0 Å². The molecular weight excluding hydrogens is 423 g/mol. The zero-order valence-corrected chi connectivity index (χ0v) is 17.9. The molecule has 0 fully saturated rings. The van der Waals surface area contributed by atoms with Crippen molar-refractivity contribution in [2.75, 3.05) is 5.32 Å². The van der Waals surface area contributed by atoms with Crippen molar-refractivity contribution in [1.29, 1.82) is 0 Å². The maximum absolute atomic E-state index is 14.8. The van der Waals surface area contributed by atoms with Gasteiger partial charge in [0.2, 0.25) is 5.09 Å². The number of aryl methyl sites for hydroxylation is 1. The molecule has 3 aliphatic rings. The van der Waals surface area contributed by atoms with Crippen LogP contribution < -0.4 is 10.0 Å². The van der Waals surface area contributed by atoms with E-state index in [2.05, 4.69) is 5.32 Å². The van der Waals surface area contributed by atoms with Gasteiger partial charge in [-0.2, -0.15) is 8.42 Å². The van der Waals surface area contributed by atoms with Crippen LogP contribution in [0.4, 0.5) is 14.9 Å². The SMILES string of the molecule is O=C(Nc1c2c(c(F)c3c1CCC3)CCC2)NS(=O)(=O)c1cc2c(o1)CCCCC2O. The number of anilines is 1. The molecule has 166 valence electrons. The number of aliphatic hydroxyl groups is 1. The van der Waals surface area contributed by atoms with Gasteiger partial charge in [0, 0.05) is 23.7 Å². The summed E-state index contributed by atoms with van der Waals surface area (Å²) in [5, 5.41) is 12.5. The van der Waals surface area contributed by atoms with Gasteiger partial charge in [-0.15, -0.1) is 0 Å². The van der Waals surface area contributed by atoms with Crippen LogP contribution in [-0.2, 0) is 42.1 Å². The molecule has 0 saturated carbocycles. The largest absolute Gasteiger partial charge is 0.447 e. The molecule has 1 aromatic heterocycles. The summed E-state index contributed by atoms with van der Waals surface area (Å²) in [6.45, 7) is 0. The van der Waals surface area contributed by atoms with Crippen molar-refractivity contribution in [1.82, 2.24) is 4.72 Å². The molecule has 0 bridgehead atoms. The van der Waals surface area contributed by atoms with E-state index in [4.69, 9.17) is 4.42 Å². The summed E-state index contributed by atoms with van der Waals surface area (Å²) in [6.07, 6.45) is 6.13. The van der Waals surface area contributed by atoms with Crippen LogP contribution in [0, 0.1) is 5.82 Å². The monoisotopic (exact) mass is 448 g/mol. The van der Waals surface area contributed by atoms with Crippen molar-refractivity contribution in [2.24, 2.45) is 0 Å². The number of nitrogens with one attached hydrogen (secondary N) is 2. The van der Waals surface area contributed by atoms with Crippen LogP contribution in [0.3, 0.4) is 0 Å². The molecule has 1 unspecified atom stereocenters. The third kappa shape index (κ3) is 3.53. The molecule has 3 N–H and O–H groups in total. The Morgan fingerprint density at radius 1 is 1.00 bits per heavy atom. The zero-order chi connectivity index (χ0) is 21.8. The Morgan fingerprint density at radius 3 is 2.32 bits per heavy atom. The number of fused-ring (bicyclic) bond motifs is 3. The minimum Gasteiger partial charge on any atom is -0.447 e. The molecule has 2 amide bonds. The first kappa shape index (κ1) is 20.5. The molecule has 1 aromatic carbocycles. The lowest BCUT2D eigenvalue weighted by atomic mass is 9.98. The molecule has 2 aromatic rings. The first-order chi connectivity index (χ1) is 14.8. The summed E-state index contributed by atoms with van der Waals surface area (Å²) in [5.41, 5.74) is 3.86. The van der Waals surface area contributed by atoms with E-state index in [1.54, 1.807) is 0 Å². The lowest BCUT2D eigenvalue weighted by Gasteiger charge is -2.17. The topological polar surface area (TPSA) is 109 Å². The van der Waals surface area contributed by atoms with Crippen LogP contribution >= 0.6 is 0 Å². The van der Waals surface area contributed by atoms with Gasteiger partial charge in [0.05, 0.1) is 6.10 Å². The molecule has 3 aliphatic carbocycles. The molecule has 0 spiro atoms. The minimum absolute atomic E-state index is 0.158. The first-order valence-electron chi connectivity index (χ1n) is 10.8. The molecule has 0 aliphatic heterocycles. The molecule has 31 heavy (non-hydrogen) atoms. The van der Waals surface area contributed by atoms with Gasteiger partial charge in [-0.3, -0.25) is 0 Å². The summed E-state index contributed by atoms with van der Waals surface area (Å²) in [5.74, 6) is 0.286. The van der Waals surface area contributed by atoms with E-state index in [1.165, 1.54) is 6.07 Å². The van der Waals surface area contributed by atoms with Gasteiger partial charge in [0.25, 0.3) is 10.0 Å². The van der Waals surface area contributed by atoms with Crippen molar-refractivity contribution in [3.8, 4) is 0 Å². The van der Waals surface area contributed by atoms with Crippen LogP contribution in [-0.4, -0.2) is 19.6 Å². The number of urea groups is 1. The normalized spacial score (nSPS) is 20.0. The molecule has 9 heteroatoms. The van der Waals surface area contributed by atoms with Crippen molar-refractivity contribution in [3.05, 3.63) is 45.5 Å². The number of hydrogen-bond acceptors (Lipinski definition) is 5. The Morgan fingerprint density at radius 2 is 1.65 bits per heavy atom. The third-order valence-corrected chi connectivity index (χ3v) is 7.79. The maximum Gasteiger partial charge on any atom is 0.333 e. The lowest BCUT2D eigenvalue weighted by Crippen LogP contribution is -2.34. The number of sulfonamides is 1. The van der Waals surface area contributed by atoms with Gasteiger partial charge in [-0.25, -0.2) is 13.9 Å². The van der Waals surface area contributed by atoms with E-state index in [1.807, 2.05) is 4.72 Å². The van der Waals surface area contributed by atoms with Gasteiger partial charge >= 0.3 is 6.03 Å². The molecule has 7 nitrogen and oxygen atoms in total. The Hall–Kier alpha value is -2.39. The molecular formula is C22H25FN2O5S. The fourth-order valence-corrected chi connectivity index (χ4v) is 6.04. The maximum atomic E-state index is 14.8. The van der Waals surface area contributed by atoms with Gasteiger partial charge in [-0.1, -0.05) is 6.42 Å². The second-order valence-corrected chi connectivity index (χ2v) is 10.2. The Kier molecular flexibility index (Phi) is 5.05. The van der Waals surface area contributed by atoms with Crippen molar-refractivity contribution < 1.29 is 27.1 Å². The van der Waals surface area contributed by atoms with Crippen molar-refractivity contribution >= 4 is 21.7 Å². The van der Waals surface area contributed by atoms with Gasteiger partial charge in [-0.05, 0) is 73.6 Å². The van der Waals surface area contributed by atoms with E-state index < -0.39 is 22.2 Å². The summed E-state index contributed by atoms with van der Waals surface area (Å²) in [7, 11) is -4.26. The predicted molar refractivity (Wildman–Crippen MR) is 111 cm³/mol. The Bertz CT molecular complexity index is 1140. The minimum atomic E-state index is -4.26. The predicted octanol–water partition coefficient (Wildman–Crippen LogP) is 3.67. The highest BCUT2D eigenvalue weighted by atomic mass is 32.2. The highest BCUT2D eigenvalue weighted by Gasteiger charge is 2.32. The number of amides is 2.